The largest absolute Gasteiger partial charge is 0.378 e. The van der Waals surface area contributed by atoms with Crippen molar-refractivity contribution in [2.24, 2.45) is 0 Å². The molecule has 0 atom stereocenters. The van der Waals surface area contributed by atoms with Gasteiger partial charge in [-0.2, -0.15) is 13.7 Å². The molecule has 0 radical (unpaired) electrons. The first kappa shape index (κ1) is 23.2. The summed E-state index contributed by atoms with van der Waals surface area (Å²) in [5.41, 5.74) is 0.884. The molecule has 0 bridgehead atoms. The molecule has 166 valence electrons. The number of para-hydroxylation sites is 1. The van der Waals surface area contributed by atoms with Crippen LogP contribution in [0.25, 0.3) is 6.08 Å². The second kappa shape index (κ2) is 9.76. The Kier molecular flexibility index (Phi) is 6.85. The van der Waals surface area contributed by atoms with E-state index in [1.807, 2.05) is 13.0 Å². The van der Waals surface area contributed by atoms with E-state index in [4.69, 9.17) is 4.18 Å². The van der Waals surface area contributed by atoms with Crippen molar-refractivity contribution in [1.29, 1.82) is 5.26 Å². The van der Waals surface area contributed by atoms with E-state index in [0.717, 1.165) is 23.8 Å². The maximum Gasteiger partial charge on any atom is 0.339 e. The predicted molar refractivity (Wildman–Crippen MR) is 121 cm³/mol. The zero-order chi connectivity index (χ0) is 24.0. The molecule has 1 amide bonds. The predicted octanol–water partition coefficient (Wildman–Crippen LogP) is 4.22. The Morgan fingerprint density at radius 1 is 1.09 bits per heavy atom. The highest BCUT2D eigenvalue weighted by molar-refractivity contribution is 7.87. The molecule has 0 aliphatic heterocycles. The molecule has 1 N–H and O–H groups in total. The van der Waals surface area contributed by atoms with Crippen LogP contribution in [-0.2, 0) is 14.9 Å². The Labute approximate surface area is 189 Å². The van der Waals surface area contributed by atoms with E-state index >= 15 is 0 Å². The van der Waals surface area contributed by atoms with Gasteiger partial charge < -0.3 is 9.50 Å². The van der Waals surface area contributed by atoms with Crippen molar-refractivity contribution in [3.8, 4) is 11.8 Å². The van der Waals surface area contributed by atoms with Gasteiger partial charge in [0.1, 0.15) is 22.3 Å². The fourth-order valence-corrected chi connectivity index (χ4v) is 3.81. The van der Waals surface area contributed by atoms with E-state index in [2.05, 4.69) is 5.32 Å². The number of nitriles is 1. The second-order valence-electron chi connectivity index (χ2n) is 6.82. The van der Waals surface area contributed by atoms with Crippen LogP contribution in [0, 0.1) is 28.4 Å². The average molecular weight is 463 g/mol. The number of nitro groups is 1. The lowest BCUT2D eigenvalue weighted by Gasteiger charge is -2.10. The van der Waals surface area contributed by atoms with E-state index < -0.39 is 31.5 Å². The number of nitrogens with one attached hydrogen (secondary N) is 1. The van der Waals surface area contributed by atoms with Crippen molar-refractivity contribution in [3.05, 3.63) is 99.6 Å². The fraction of sp³-hybridized carbons (Fsp3) is 0.0435. The quantitative estimate of drug-likeness (QED) is 0.182. The first-order valence-corrected chi connectivity index (χ1v) is 10.9. The molecule has 0 aromatic heterocycles. The number of carbonyl (C=O) groups is 1. The van der Waals surface area contributed by atoms with Crippen molar-refractivity contribution < 1.29 is 22.3 Å². The summed E-state index contributed by atoms with van der Waals surface area (Å²) in [7, 11) is -4.43. The number of nitro benzene ring substituents is 1. The van der Waals surface area contributed by atoms with Crippen molar-refractivity contribution in [3.63, 3.8) is 0 Å². The Balaban J connectivity index is 1.91. The first-order chi connectivity index (χ1) is 15.7. The molecule has 0 saturated carbocycles. The summed E-state index contributed by atoms with van der Waals surface area (Å²) in [6, 6.07) is 19.1. The number of nitrogens with zero attached hydrogens (tertiary/aromatic N) is 2. The average Bonchev–Trinajstić information content (AvgIpc) is 2.78. The third-order valence-corrected chi connectivity index (χ3v) is 5.61. The highest BCUT2D eigenvalue weighted by atomic mass is 32.2. The van der Waals surface area contributed by atoms with Gasteiger partial charge in [-0.3, -0.25) is 14.9 Å². The standard InChI is InChI=1S/C23H17N3O6S/c1-16-6-4-8-19(12-16)25-23(27)18(15-24)13-17-7-2-3-11-22(17)32-33(30,31)21-10-5-9-20(14-21)26(28)29/h2-14H,1H3,(H,25,27)/b18-13+. The van der Waals surface area contributed by atoms with E-state index in [0.29, 0.717) is 5.69 Å². The lowest BCUT2D eigenvalue weighted by atomic mass is 10.1. The smallest absolute Gasteiger partial charge is 0.339 e. The van der Waals surface area contributed by atoms with Crippen LogP contribution in [0.15, 0.2) is 83.3 Å². The number of carbonyl (C=O) groups excluding carboxylic acids is 1. The number of benzene rings is 3. The van der Waals surface area contributed by atoms with Gasteiger partial charge in [0, 0.05) is 23.4 Å². The summed E-state index contributed by atoms with van der Waals surface area (Å²) in [6.45, 7) is 1.85. The van der Waals surface area contributed by atoms with Gasteiger partial charge >= 0.3 is 10.1 Å². The molecule has 33 heavy (non-hydrogen) atoms. The highest BCUT2D eigenvalue weighted by Crippen LogP contribution is 2.26. The summed E-state index contributed by atoms with van der Waals surface area (Å²) in [4.78, 5) is 22.4. The summed E-state index contributed by atoms with van der Waals surface area (Å²) in [6.07, 6.45) is 1.20. The van der Waals surface area contributed by atoms with Gasteiger partial charge in [-0.15, -0.1) is 0 Å². The minimum atomic E-state index is -4.43. The van der Waals surface area contributed by atoms with E-state index in [1.54, 1.807) is 30.3 Å². The lowest BCUT2D eigenvalue weighted by molar-refractivity contribution is -0.385. The van der Waals surface area contributed by atoms with Crippen LogP contribution < -0.4 is 9.50 Å². The Morgan fingerprint density at radius 3 is 2.52 bits per heavy atom. The SMILES string of the molecule is Cc1cccc(NC(=O)/C(C#N)=C/c2ccccc2OS(=O)(=O)c2cccc([N+](=O)[O-])c2)c1. The maximum atomic E-state index is 12.7. The van der Waals surface area contributed by atoms with E-state index in [9.17, 15) is 28.6 Å². The van der Waals surface area contributed by atoms with Crippen LogP contribution in [-0.4, -0.2) is 19.2 Å². The number of rotatable bonds is 7. The van der Waals surface area contributed by atoms with Crippen molar-refractivity contribution in [2.45, 2.75) is 11.8 Å². The first-order valence-electron chi connectivity index (χ1n) is 9.47. The number of amides is 1. The van der Waals surface area contributed by atoms with Crippen molar-refractivity contribution in [2.75, 3.05) is 5.32 Å². The summed E-state index contributed by atoms with van der Waals surface area (Å²) in [5.74, 6) is -0.834. The zero-order valence-corrected chi connectivity index (χ0v) is 18.1. The molecule has 0 saturated heterocycles. The van der Waals surface area contributed by atoms with Crippen LogP contribution in [0.4, 0.5) is 11.4 Å². The molecular weight excluding hydrogens is 446 g/mol. The molecule has 0 fully saturated rings. The summed E-state index contributed by atoms with van der Waals surface area (Å²) in [5, 5.41) is 23.0. The number of non-ortho nitro benzene ring substituents is 1. The van der Waals surface area contributed by atoms with Gasteiger partial charge in [0.15, 0.2) is 0 Å². The summed E-state index contributed by atoms with van der Waals surface area (Å²) < 4.78 is 30.5. The van der Waals surface area contributed by atoms with Gasteiger partial charge in [-0.1, -0.05) is 36.4 Å². The second-order valence-corrected chi connectivity index (χ2v) is 8.37. The molecule has 9 nitrogen and oxygen atoms in total. The van der Waals surface area contributed by atoms with Gasteiger partial charge in [-0.05, 0) is 42.8 Å². The molecule has 3 aromatic rings. The third kappa shape index (κ3) is 5.81. The molecular formula is C23H17N3O6S. The molecule has 0 heterocycles. The summed E-state index contributed by atoms with van der Waals surface area (Å²) >= 11 is 0. The molecule has 3 aromatic carbocycles. The normalized spacial score (nSPS) is 11.3. The molecule has 10 heteroatoms. The van der Waals surface area contributed by atoms with Crippen LogP contribution in [0.5, 0.6) is 5.75 Å². The minimum absolute atomic E-state index is 0.153. The number of anilines is 1. The third-order valence-electron chi connectivity index (χ3n) is 4.38. The van der Waals surface area contributed by atoms with Gasteiger partial charge in [0.25, 0.3) is 11.6 Å². The van der Waals surface area contributed by atoms with Crippen molar-refractivity contribution >= 4 is 33.5 Å². The molecule has 0 unspecified atom stereocenters. The number of hydrogen-bond donors (Lipinski definition) is 1. The van der Waals surface area contributed by atoms with Crippen LogP contribution in [0.2, 0.25) is 0 Å². The van der Waals surface area contributed by atoms with Crippen molar-refractivity contribution in [1.82, 2.24) is 0 Å². The zero-order valence-electron chi connectivity index (χ0n) is 17.3. The van der Waals surface area contributed by atoms with Crippen LogP contribution in [0.3, 0.4) is 0 Å². The lowest BCUT2D eigenvalue weighted by Crippen LogP contribution is -2.14. The van der Waals surface area contributed by atoms with Crippen LogP contribution >= 0.6 is 0 Å². The van der Waals surface area contributed by atoms with Crippen LogP contribution in [0.1, 0.15) is 11.1 Å². The highest BCUT2D eigenvalue weighted by Gasteiger charge is 2.21. The Hall–Kier alpha value is -4.49. The topological polar surface area (TPSA) is 139 Å². The monoisotopic (exact) mass is 463 g/mol. The van der Waals surface area contributed by atoms with E-state index in [-0.39, 0.29) is 16.9 Å². The minimum Gasteiger partial charge on any atom is -0.378 e. The number of aryl methyl sites for hydroxylation is 1. The van der Waals surface area contributed by atoms with Gasteiger partial charge in [0.05, 0.1) is 4.92 Å². The van der Waals surface area contributed by atoms with E-state index in [1.165, 1.54) is 30.3 Å². The number of hydrogen-bond acceptors (Lipinski definition) is 7. The maximum absolute atomic E-state index is 12.7. The van der Waals surface area contributed by atoms with Gasteiger partial charge in [-0.25, -0.2) is 0 Å². The molecule has 0 aliphatic rings. The Bertz CT molecular complexity index is 1410. The Morgan fingerprint density at radius 2 is 1.82 bits per heavy atom. The molecule has 3 rings (SSSR count). The molecule has 0 spiro atoms. The molecule has 0 aliphatic carbocycles. The van der Waals surface area contributed by atoms with Gasteiger partial charge in [0.2, 0.25) is 0 Å². The fourth-order valence-electron chi connectivity index (χ4n) is 2.82.